The fraction of sp³-hybridized carbons (Fsp3) is 0.600. The second-order valence-electron chi connectivity index (χ2n) is 7.15. The number of piperidine rings is 1. The zero-order chi connectivity index (χ0) is 17.6. The van der Waals surface area contributed by atoms with Crippen molar-refractivity contribution in [1.82, 2.24) is 10.2 Å². The van der Waals surface area contributed by atoms with Gasteiger partial charge in [0, 0.05) is 56.0 Å². The van der Waals surface area contributed by atoms with Gasteiger partial charge in [-0.1, -0.05) is 6.92 Å². The lowest BCUT2D eigenvalue weighted by Gasteiger charge is -2.38. The fourth-order valence-electron chi connectivity index (χ4n) is 3.89. The van der Waals surface area contributed by atoms with Crippen LogP contribution in [-0.2, 0) is 0 Å². The predicted molar refractivity (Wildman–Crippen MR) is 101 cm³/mol. The molecule has 2 fully saturated rings. The van der Waals surface area contributed by atoms with Crippen molar-refractivity contribution in [1.29, 1.82) is 0 Å². The van der Waals surface area contributed by atoms with Crippen molar-refractivity contribution in [2.24, 2.45) is 5.92 Å². The van der Waals surface area contributed by atoms with E-state index in [1.54, 1.807) is 6.07 Å². The van der Waals surface area contributed by atoms with Crippen molar-refractivity contribution in [3.05, 3.63) is 29.3 Å². The number of carbonyl (C=O) groups is 2. The van der Waals surface area contributed by atoms with Crippen molar-refractivity contribution in [2.45, 2.75) is 26.2 Å². The molecule has 0 aromatic heterocycles. The smallest absolute Gasteiger partial charge is 0.163 e. The third kappa shape index (κ3) is 4.47. The summed E-state index contributed by atoms with van der Waals surface area (Å²) in [6.45, 7) is 9.44. The number of hydrogen-bond acceptors (Lipinski definition) is 5. The molecule has 0 atom stereocenters. The molecule has 0 radical (unpaired) electrons. The Balaban J connectivity index is 1.60. The monoisotopic (exact) mass is 343 g/mol. The lowest BCUT2D eigenvalue weighted by molar-refractivity contribution is 0.0981. The third-order valence-corrected chi connectivity index (χ3v) is 5.50. The lowest BCUT2D eigenvalue weighted by Crippen LogP contribution is -2.48. The number of ketones is 1. The number of benzene rings is 1. The van der Waals surface area contributed by atoms with Gasteiger partial charge in [-0.05, 0) is 50.0 Å². The average Bonchev–Trinajstić information content (AvgIpc) is 2.68. The van der Waals surface area contributed by atoms with Crippen LogP contribution in [0.15, 0.2) is 18.2 Å². The number of aldehydes is 1. The Hall–Kier alpha value is -1.72. The highest BCUT2D eigenvalue weighted by Gasteiger charge is 2.22. The SMILES string of the molecule is CCC(=O)c1cc(N2CCN(CC3CCNCC3)CC2)ccc1C=O. The highest BCUT2D eigenvalue weighted by molar-refractivity contribution is 6.03. The molecule has 1 aromatic rings. The van der Waals surface area contributed by atoms with E-state index in [1.165, 1.54) is 19.4 Å². The van der Waals surface area contributed by atoms with E-state index in [0.717, 1.165) is 57.2 Å². The summed E-state index contributed by atoms with van der Waals surface area (Å²) in [5.41, 5.74) is 2.12. The molecule has 1 aromatic carbocycles. The summed E-state index contributed by atoms with van der Waals surface area (Å²) in [6, 6.07) is 5.66. The first kappa shape index (κ1) is 18.1. The quantitative estimate of drug-likeness (QED) is 0.634. The molecule has 25 heavy (non-hydrogen) atoms. The molecule has 3 rings (SSSR count). The summed E-state index contributed by atoms with van der Waals surface area (Å²) in [4.78, 5) is 28.2. The number of carbonyl (C=O) groups excluding carboxylic acids is 2. The second-order valence-corrected chi connectivity index (χ2v) is 7.15. The molecule has 2 heterocycles. The molecule has 5 nitrogen and oxygen atoms in total. The van der Waals surface area contributed by atoms with E-state index in [0.29, 0.717) is 17.5 Å². The maximum absolute atomic E-state index is 12.1. The Bertz CT molecular complexity index is 603. The molecule has 136 valence electrons. The third-order valence-electron chi connectivity index (χ3n) is 5.50. The molecule has 0 amide bonds. The Morgan fingerprint density at radius 2 is 1.92 bits per heavy atom. The molecule has 0 aliphatic carbocycles. The van der Waals surface area contributed by atoms with Gasteiger partial charge < -0.3 is 10.2 Å². The van der Waals surface area contributed by atoms with Crippen LogP contribution in [-0.4, -0.2) is 62.8 Å². The molecule has 0 bridgehead atoms. The van der Waals surface area contributed by atoms with Crippen LogP contribution in [0.25, 0.3) is 0 Å². The Morgan fingerprint density at radius 3 is 2.56 bits per heavy atom. The summed E-state index contributed by atoms with van der Waals surface area (Å²) in [5.74, 6) is 0.863. The summed E-state index contributed by atoms with van der Waals surface area (Å²) < 4.78 is 0. The van der Waals surface area contributed by atoms with E-state index >= 15 is 0 Å². The number of Topliss-reactive ketones (excluding diaryl/α,β-unsaturated/α-hetero) is 1. The van der Waals surface area contributed by atoms with Crippen molar-refractivity contribution >= 4 is 17.8 Å². The summed E-state index contributed by atoms with van der Waals surface area (Å²) in [7, 11) is 0. The fourth-order valence-corrected chi connectivity index (χ4v) is 3.89. The number of anilines is 1. The van der Waals surface area contributed by atoms with E-state index in [1.807, 2.05) is 19.1 Å². The Morgan fingerprint density at radius 1 is 1.20 bits per heavy atom. The molecular formula is C20H29N3O2. The summed E-state index contributed by atoms with van der Waals surface area (Å²) >= 11 is 0. The molecule has 2 saturated heterocycles. The minimum atomic E-state index is 0.0356. The van der Waals surface area contributed by atoms with Gasteiger partial charge in [-0.25, -0.2) is 0 Å². The van der Waals surface area contributed by atoms with E-state index < -0.39 is 0 Å². The molecule has 2 aliphatic heterocycles. The number of piperazine rings is 1. The predicted octanol–water partition coefficient (Wildman–Crippen LogP) is 2.21. The van der Waals surface area contributed by atoms with E-state index in [9.17, 15) is 9.59 Å². The van der Waals surface area contributed by atoms with Gasteiger partial charge in [0.1, 0.15) is 0 Å². The number of nitrogens with zero attached hydrogens (tertiary/aromatic N) is 2. The van der Waals surface area contributed by atoms with Crippen LogP contribution in [0.2, 0.25) is 0 Å². The van der Waals surface area contributed by atoms with Crippen LogP contribution in [0.4, 0.5) is 5.69 Å². The first-order valence-electron chi connectivity index (χ1n) is 9.51. The van der Waals surface area contributed by atoms with Gasteiger partial charge >= 0.3 is 0 Å². The van der Waals surface area contributed by atoms with Crippen LogP contribution in [0.5, 0.6) is 0 Å². The average molecular weight is 343 g/mol. The molecule has 0 saturated carbocycles. The van der Waals surface area contributed by atoms with Crippen molar-refractivity contribution < 1.29 is 9.59 Å². The minimum absolute atomic E-state index is 0.0356. The van der Waals surface area contributed by atoms with Crippen LogP contribution >= 0.6 is 0 Å². The van der Waals surface area contributed by atoms with Gasteiger partial charge in [0.25, 0.3) is 0 Å². The second kappa shape index (κ2) is 8.59. The highest BCUT2D eigenvalue weighted by Crippen LogP contribution is 2.22. The summed E-state index contributed by atoms with van der Waals surface area (Å²) in [5, 5.41) is 3.43. The van der Waals surface area contributed by atoms with Gasteiger partial charge in [-0.2, -0.15) is 0 Å². The Kier molecular flexibility index (Phi) is 6.21. The van der Waals surface area contributed by atoms with Gasteiger partial charge in [-0.3, -0.25) is 14.5 Å². The van der Waals surface area contributed by atoms with Gasteiger partial charge in [0.15, 0.2) is 12.1 Å². The maximum atomic E-state index is 12.1. The van der Waals surface area contributed by atoms with Gasteiger partial charge in [0.05, 0.1) is 0 Å². The van der Waals surface area contributed by atoms with E-state index in [-0.39, 0.29) is 5.78 Å². The first-order valence-corrected chi connectivity index (χ1v) is 9.51. The first-order chi connectivity index (χ1) is 12.2. The minimum Gasteiger partial charge on any atom is -0.369 e. The zero-order valence-corrected chi connectivity index (χ0v) is 15.2. The van der Waals surface area contributed by atoms with Crippen molar-refractivity contribution in [3.63, 3.8) is 0 Å². The van der Waals surface area contributed by atoms with Crippen LogP contribution < -0.4 is 10.2 Å². The van der Waals surface area contributed by atoms with E-state index in [4.69, 9.17) is 0 Å². The molecular weight excluding hydrogens is 314 g/mol. The maximum Gasteiger partial charge on any atom is 0.163 e. The topological polar surface area (TPSA) is 52.7 Å². The molecule has 0 unspecified atom stereocenters. The Labute approximate surface area is 150 Å². The molecule has 5 heteroatoms. The number of hydrogen-bond donors (Lipinski definition) is 1. The van der Waals surface area contributed by atoms with Gasteiger partial charge in [-0.15, -0.1) is 0 Å². The normalized spacial score (nSPS) is 19.8. The zero-order valence-electron chi connectivity index (χ0n) is 15.2. The molecule has 0 spiro atoms. The molecule has 1 N–H and O–H groups in total. The summed E-state index contributed by atoms with van der Waals surface area (Å²) in [6.07, 6.45) is 3.78. The molecule has 2 aliphatic rings. The van der Waals surface area contributed by atoms with Gasteiger partial charge in [0.2, 0.25) is 0 Å². The van der Waals surface area contributed by atoms with E-state index in [2.05, 4.69) is 15.1 Å². The van der Waals surface area contributed by atoms with Crippen LogP contribution in [0, 0.1) is 5.92 Å². The van der Waals surface area contributed by atoms with Crippen LogP contribution in [0.3, 0.4) is 0 Å². The highest BCUT2D eigenvalue weighted by atomic mass is 16.1. The van der Waals surface area contributed by atoms with Crippen molar-refractivity contribution in [3.8, 4) is 0 Å². The lowest BCUT2D eigenvalue weighted by atomic mass is 9.97. The van der Waals surface area contributed by atoms with Crippen molar-refractivity contribution in [2.75, 3.05) is 50.7 Å². The largest absolute Gasteiger partial charge is 0.369 e. The van der Waals surface area contributed by atoms with Crippen LogP contribution in [0.1, 0.15) is 46.9 Å². The number of nitrogens with one attached hydrogen (secondary N) is 1. The standard InChI is InChI=1S/C20H29N3O2/c1-2-20(25)19-13-18(4-3-17(19)15-24)23-11-9-22(10-12-23)14-16-5-7-21-8-6-16/h3-4,13,15-16,21H,2,5-12,14H2,1H3. The number of rotatable bonds is 6.